The minimum absolute atomic E-state index is 0.0300. The molecule has 12 nitrogen and oxygen atoms in total. The summed E-state index contributed by atoms with van der Waals surface area (Å²) < 4.78 is 17.4. The quantitative estimate of drug-likeness (QED) is 0.147. The van der Waals surface area contributed by atoms with E-state index in [0.717, 1.165) is 25.3 Å². The fourth-order valence-corrected chi connectivity index (χ4v) is 5.00. The fourth-order valence-electron chi connectivity index (χ4n) is 5.00. The van der Waals surface area contributed by atoms with Gasteiger partial charge in [0.1, 0.15) is 28.2 Å². The Morgan fingerprint density at radius 1 is 0.905 bits per heavy atom. The predicted octanol–water partition coefficient (Wildman–Crippen LogP) is 3.54. The second-order valence-corrected chi connectivity index (χ2v) is 9.57. The molecule has 0 spiro atoms. The molecule has 5 aromatic rings. The smallest absolute Gasteiger partial charge is 0.306 e. The number of hydrogen-bond donors (Lipinski definition) is 5. The minimum Gasteiger partial charge on any atom is -0.507 e. The van der Waals surface area contributed by atoms with E-state index in [-0.39, 0.29) is 16.7 Å². The zero-order chi connectivity index (χ0) is 30.5. The number of fused-ring (bicyclic) bond motifs is 2. The maximum absolute atomic E-state index is 13.7. The number of rotatable bonds is 6. The van der Waals surface area contributed by atoms with E-state index >= 15 is 0 Å². The van der Waals surface area contributed by atoms with Crippen molar-refractivity contribution >= 4 is 27.8 Å². The summed E-state index contributed by atoms with van der Waals surface area (Å²) in [5.74, 6) is -5.31. The lowest BCUT2D eigenvalue weighted by Gasteiger charge is -2.21. The molecular weight excluding hydrogens is 550 g/mol. The van der Waals surface area contributed by atoms with Crippen molar-refractivity contribution in [3.63, 3.8) is 0 Å². The van der Waals surface area contributed by atoms with Gasteiger partial charge in [0.2, 0.25) is 11.2 Å². The molecule has 0 fully saturated rings. The van der Waals surface area contributed by atoms with Crippen LogP contribution >= 0.6 is 0 Å². The molecule has 5 N–H and O–H groups in total. The van der Waals surface area contributed by atoms with Crippen LogP contribution in [-0.2, 0) is 16.6 Å². The van der Waals surface area contributed by atoms with Crippen LogP contribution in [0.3, 0.4) is 0 Å². The van der Waals surface area contributed by atoms with Gasteiger partial charge < -0.3 is 44.0 Å². The van der Waals surface area contributed by atoms with Crippen molar-refractivity contribution in [1.82, 2.24) is 4.57 Å². The monoisotopic (exact) mass is 575 g/mol. The van der Waals surface area contributed by atoms with Crippen LogP contribution in [0.2, 0.25) is 0 Å². The zero-order valence-electron chi connectivity index (χ0n) is 22.5. The zero-order valence-corrected chi connectivity index (χ0v) is 22.5. The Hall–Kier alpha value is -5.65. The molecule has 216 valence electrons. The van der Waals surface area contributed by atoms with Crippen LogP contribution in [-0.4, -0.2) is 50.3 Å². The van der Waals surface area contributed by atoms with E-state index in [9.17, 15) is 39.9 Å². The first-order valence-corrected chi connectivity index (χ1v) is 12.5. The van der Waals surface area contributed by atoms with E-state index in [1.165, 1.54) is 30.9 Å². The Morgan fingerprint density at radius 3 is 2.31 bits per heavy atom. The number of carbonyl (C=O) groups excluding carboxylic acids is 1. The van der Waals surface area contributed by atoms with Crippen LogP contribution in [0.4, 0.5) is 0 Å². The molecule has 0 aliphatic heterocycles. The molecule has 0 saturated heterocycles. The number of carbonyl (C=O) groups is 1. The summed E-state index contributed by atoms with van der Waals surface area (Å²) in [6.07, 6.45) is -0.485. The van der Waals surface area contributed by atoms with Crippen LogP contribution in [0.25, 0.3) is 33.2 Å². The Morgan fingerprint density at radius 2 is 1.64 bits per heavy atom. The number of aromatic nitrogens is 1. The van der Waals surface area contributed by atoms with Gasteiger partial charge in [-0.05, 0) is 41.8 Å². The molecule has 12 heteroatoms. The van der Waals surface area contributed by atoms with Gasteiger partial charge in [-0.3, -0.25) is 14.4 Å². The number of aromatic hydroxyl groups is 5. The number of phenols is 4. The van der Waals surface area contributed by atoms with Crippen LogP contribution < -0.4 is 15.7 Å². The van der Waals surface area contributed by atoms with Gasteiger partial charge in [0.05, 0.1) is 26.2 Å². The van der Waals surface area contributed by atoms with Gasteiger partial charge >= 0.3 is 5.97 Å². The molecular formula is C30H25NO11. The van der Waals surface area contributed by atoms with Crippen LogP contribution in [0, 0.1) is 0 Å². The highest BCUT2D eigenvalue weighted by Gasteiger charge is 2.32. The number of benzene rings is 3. The van der Waals surface area contributed by atoms with Crippen molar-refractivity contribution in [2.75, 3.05) is 14.2 Å². The van der Waals surface area contributed by atoms with Crippen molar-refractivity contribution in [2.45, 2.75) is 12.3 Å². The van der Waals surface area contributed by atoms with Crippen molar-refractivity contribution < 1.29 is 44.2 Å². The number of methoxy groups -OCH3 is 2. The minimum atomic E-state index is -1.26. The average molecular weight is 576 g/mol. The summed E-state index contributed by atoms with van der Waals surface area (Å²) in [6.45, 7) is 0. The summed E-state index contributed by atoms with van der Waals surface area (Å²) in [5.41, 5.74) is -1.75. The van der Waals surface area contributed by atoms with E-state index in [0.29, 0.717) is 16.7 Å². The topological polar surface area (TPSA) is 189 Å². The lowest BCUT2D eigenvalue weighted by molar-refractivity contribution is -0.140. The molecule has 0 bridgehead atoms. The number of hydrogen-bond acceptors (Lipinski definition) is 11. The standard InChI is InChI=1S/C30H25NO11/c1-31-18-10-15(40-2)6-4-13(18)8-17(30(31)39)16(11-23(36)41-3)24-21(34)12-22(35)25-26(37)27(38)28(42-29(24)25)14-5-7-19(32)20(33)9-14/h4-10,12,16,32-35,38H,11H2,1-3H3. The lowest BCUT2D eigenvalue weighted by Crippen LogP contribution is -2.25. The van der Waals surface area contributed by atoms with Crippen LogP contribution in [0.15, 0.2) is 62.5 Å². The highest BCUT2D eigenvalue weighted by Crippen LogP contribution is 2.44. The Kier molecular flexibility index (Phi) is 6.90. The van der Waals surface area contributed by atoms with Crippen LogP contribution in [0.5, 0.6) is 34.5 Å². The maximum Gasteiger partial charge on any atom is 0.306 e. The fraction of sp³-hybridized carbons (Fsp3) is 0.167. The molecule has 2 aromatic heterocycles. The molecule has 0 amide bonds. The van der Waals surface area contributed by atoms with Gasteiger partial charge in [0, 0.05) is 41.8 Å². The molecule has 0 radical (unpaired) electrons. The molecule has 3 aromatic carbocycles. The summed E-state index contributed by atoms with van der Waals surface area (Å²) in [4.78, 5) is 39.7. The van der Waals surface area contributed by atoms with E-state index < -0.39 is 74.8 Å². The number of phenolic OH excluding ortho intramolecular Hbond substituents is 4. The lowest BCUT2D eigenvalue weighted by atomic mass is 9.86. The van der Waals surface area contributed by atoms with Gasteiger partial charge in [0.25, 0.3) is 5.56 Å². The summed E-state index contributed by atoms with van der Waals surface area (Å²) in [6, 6.07) is 10.8. The number of nitrogens with zero attached hydrogens (tertiary/aromatic N) is 1. The average Bonchev–Trinajstić information content (AvgIpc) is 2.97. The van der Waals surface area contributed by atoms with Crippen molar-refractivity contribution in [2.24, 2.45) is 7.05 Å². The summed E-state index contributed by atoms with van der Waals surface area (Å²) in [7, 11) is 4.15. The number of pyridine rings is 1. The molecule has 0 aliphatic carbocycles. The van der Waals surface area contributed by atoms with Gasteiger partial charge in [-0.1, -0.05) is 0 Å². The summed E-state index contributed by atoms with van der Waals surface area (Å²) >= 11 is 0. The molecule has 1 atom stereocenters. The van der Waals surface area contributed by atoms with Gasteiger partial charge in [0.15, 0.2) is 17.3 Å². The first-order chi connectivity index (χ1) is 20.0. The highest BCUT2D eigenvalue weighted by molar-refractivity contribution is 5.92. The van der Waals surface area contributed by atoms with Crippen molar-refractivity contribution in [3.05, 3.63) is 80.2 Å². The highest BCUT2D eigenvalue weighted by atomic mass is 16.5. The van der Waals surface area contributed by atoms with Crippen LogP contribution in [0.1, 0.15) is 23.5 Å². The van der Waals surface area contributed by atoms with Crippen molar-refractivity contribution in [1.29, 1.82) is 0 Å². The molecule has 0 saturated carbocycles. The van der Waals surface area contributed by atoms with Crippen molar-refractivity contribution in [3.8, 4) is 45.8 Å². The van der Waals surface area contributed by atoms with E-state index in [4.69, 9.17) is 13.9 Å². The molecule has 42 heavy (non-hydrogen) atoms. The SMILES string of the molecule is COC(=O)CC(c1cc2ccc(OC)cc2n(C)c1=O)c1c(O)cc(O)c2c(=O)c(O)c(-c3ccc(O)c(O)c3)oc12. The third kappa shape index (κ3) is 4.48. The third-order valence-corrected chi connectivity index (χ3v) is 7.16. The molecule has 5 rings (SSSR count). The maximum atomic E-state index is 13.7. The van der Waals surface area contributed by atoms with Gasteiger partial charge in [-0.25, -0.2) is 0 Å². The second-order valence-electron chi connectivity index (χ2n) is 9.57. The number of ether oxygens (including phenoxy) is 2. The van der Waals surface area contributed by atoms with E-state index in [2.05, 4.69) is 0 Å². The third-order valence-electron chi connectivity index (χ3n) is 7.16. The normalized spacial score (nSPS) is 12.0. The van der Waals surface area contributed by atoms with E-state index in [1.54, 1.807) is 18.2 Å². The molecule has 1 unspecified atom stereocenters. The Labute approximate surface area is 236 Å². The first kappa shape index (κ1) is 27.9. The summed E-state index contributed by atoms with van der Waals surface area (Å²) in [5, 5.41) is 52.2. The van der Waals surface area contributed by atoms with Gasteiger partial charge in [-0.2, -0.15) is 0 Å². The first-order valence-electron chi connectivity index (χ1n) is 12.5. The van der Waals surface area contributed by atoms with E-state index in [1.807, 2.05) is 0 Å². The Balaban J connectivity index is 1.88. The van der Waals surface area contributed by atoms with Gasteiger partial charge in [-0.15, -0.1) is 0 Å². The predicted molar refractivity (Wildman–Crippen MR) is 150 cm³/mol. The number of esters is 1. The Bertz CT molecular complexity index is 2020. The second kappa shape index (κ2) is 10.4. The molecule has 2 heterocycles. The number of aryl methyl sites for hydroxylation is 1. The molecule has 0 aliphatic rings. The largest absolute Gasteiger partial charge is 0.507 e.